The minimum absolute atomic E-state index is 0.228. The molecule has 0 spiro atoms. The van der Waals surface area contributed by atoms with Crippen LogP contribution in [0, 0.1) is 17.3 Å². The van der Waals surface area contributed by atoms with Crippen LogP contribution in [0.1, 0.15) is 80.6 Å². The predicted molar refractivity (Wildman–Crippen MR) is 114 cm³/mol. The van der Waals surface area contributed by atoms with Gasteiger partial charge < -0.3 is 14.2 Å². The van der Waals surface area contributed by atoms with Gasteiger partial charge in [-0.1, -0.05) is 51.3 Å². The molecule has 0 aromatic carbocycles. The average Bonchev–Trinajstić information content (AvgIpc) is 2.54. The van der Waals surface area contributed by atoms with E-state index in [0.29, 0.717) is 5.41 Å². The van der Waals surface area contributed by atoms with Crippen molar-refractivity contribution in [1.29, 1.82) is 0 Å². The SMILES string of the molecule is CCOP(=O)(OCC)C(C)(O)/C=C/C=C(\C)CCC1C(C)CCCC1(C)C. The third-order valence-electron chi connectivity index (χ3n) is 5.97. The lowest BCUT2D eigenvalue weighted by Gasteiger charge is -2.43. The fourth-order valence-electron chi connectivity index (χ4n) is 4.30. The van der Waals surface area contributed by atoms with E-state index in [9.17, 15) is 9.67 Å². The minimum atomic E-state index is -3.61. The molecule has 0 amide bonds. The Bertz CT molecular complexity index is 553. The van der Waals surface area contributed by atoms with Crippen LogP contribution in [0.15, 0.2) is 23.8 Å². The maximum absolute atomic E-state index is 12.8. The molecule has 1 aliphatic carbocycles. The topological polar surface area (TPSA) is 55.8 Å². The van der Waals surface area contributed by atoms with Crippen LogP contribution in [0.25, 0.3) is 0 Å². The summed E-state index contributed by atoms with van der Waals surface area (Å²) in [6.07, 6.45) is 11.5. The molecule has 0 saturated heterocycles. The second-order valence-electron chi connectivity index (χ2n) is 8.80. The lowest BCUT2D eigenvalue weighted by Crippen LogP contribution is -2.33. The van der Waals surface area contributed by atoms with Gasteiger partial charge in [0.05, 0.1) is 13.2 Å². The molecule has 0 aliphatic heterocycles. The fourth-order valence-corrected chi connectivity index (χ4v) is 5.85. The van der Waals surface area contributed by atoms with Crippen LogP contribution in [0.3, 0.4) is 0 Å². The van der Waals surface area contributed by atoms with Crippen molar-refractivity contribution in [2.75, 3.05) is 13.2 Å². The smallest absolute Gasteiger partial charge is 0.365 e. The Morgan fingerprint density at radius 2 is 1.89 bits per heavy atom. The van der Waals surface area contributed by atoms with Crippen LogP contribution in [0.2, 0.25) is 0 Å². The summed E-state index contributed by atoms with van der Waals surface area (Å²) in [6.45, 7) is 14.7. The van der Waals surface area contributed by atoms with Crippen LogP contribution >= 0.6 is 7.60 Å². The maximum Gasteiger partial charge on any atom is 0.365 e. The van der Waals surface area contributed by atoms with E-state index in [1.54, 1.807) is 19.9 Å². The highest BCUT2D eigenvalue weighted by Gasteiger charge is 2.43. The molecule has 1 fully saturated rings. The van der Waals surface area contributed by atoms with Gasteiger partial charge in [-0.15, -0.1) is 0 Å². The van der Waals surface area contributed by atoms with E-state index in [4.69, 9.17) is 9.05 Å². The minimum Gasteiger partial charge on any atom is -0.374 e. The summed E-state index contributed by atoms with van der Waals surface area (Å²) in [5.41, 5.74) is 1.68. The van der Waals surface area contributed by atoms with Crippen LogP contribution in [0.5, 0.6) is 0 Å². The monoisotopic (exact) mass is 400 g/mol. The molecule has 3 unspecified atom stereocenters. The molecule has 0 aromatic heterocycles. The number of aliphatic hydroxyl groups is 1. The van der Waals surface area contributed by atoms with E-state index < -0.39 is 12.9 Å². The molecule has 1 aliphatic rings. The molecule has 1 saturated carbocycles. The first-order valence-electron chi connectivity index (χ1n) is 10.5. The third kappa shape index (κ3) is 6.85. The van der Waals surface area contributed by atoms with Crippen molar-refractivity contribution in [2.24, 2.45) is 17.3 Å². The molecule has 27 heavy (non-hydrogen) atoms. The standard InChI is InChI=1S/C22H41O4P/c1-8-25-27(24,26-9-2)22(7,23)17-10-12-18(3)14-15-20-19(4)13-11-16-21(20,5)6/h10,12,17,19-20,23H,8-9,11,13-16H2,1-7H3/b17-10+,18-12+. The Hall–Kier alpha value is -0.410. The molecular weight excluding hydrogens is 359 g/mol. The van der Waals surface area contributed by atoms with E-state index in [2.05, 4.69) is 27.7 Å². The molecule has 0 radical (unpaired) electrons. The lowest BCUT2D eigenvalue weighted by molar-refractivity contribution is 0.0767. The molecule has 1 rings (SSSR count). The van der Waals surface area contributed by atoms with E-state index in [1.165, 1.54) is 44.3 Å². The predicted octanol–water partition coefficient (Wildman–Crippen LogP) is 6.71. The molecule has 0 bridgehead atoms. The zero-order valence-corrected chi connectivity index (χ0v) is 19.4. The molecule has 3 atom stereocenters. The largest absolute Gasteiger partial charge is 0.374 e. The quantitative estimate of drug-likeness (QED) is 0.327. The lowest BCUT2D eigenvalue weighted by atomic mass is 9.62. The van der Waals surface area contributed by atoms with Crippen LogP contribution in [0.4, 0.5) is 0 Å². The first kappa shape index (κ1) is 24.6. The van der Waals surface area contributed by atoms with Gasteiger partial charge in [-0.05, 0) is 70.3 Å². The second kappa shape index (κ2) is 10.4. The van der Waals surface area contributed by atoms with Gasteiger partial charge in [-0.2, -0.15) is 0 Å². The average molecular weight is 401 g/mol. The van der Waals surface area contributed by atoms with E-state index in [0.717, 1.165) is 18.3 Å². The van der Waals surface area contributed by atoms with Crippen molar-refractivity contribution in [3.63, 3.8) is 0 Å². The highest BCUT2D eigenvalue weighted by atomic mass is 31.2. The molecule has 5 heteroatoms. The number of rotatable bonds is 10. The van der Waals surface area contributed by atoms with Crippen molar-refractivity contribution in [3.05, 3.63) is 23.8 Å². The van der Waals surface area contributed by atoms with Gasteiger partial charge in [0, 0.05) is 0 Å². The third-order valence-corrected chi connectivity index (χ3v) is 8.42. The molecule has 0 heterocycles. The highest BCUT2D eigenvalue weighted by molar-refractivity contribution is 7.55. The zero-order valence-electron chi connectivity index (χ0n) is 18.5. The zero-order chi connectivity index (χ0) is 20.7. The van der Waals surface area contributed by atoms with Crippen LogP contribution < -0.4 is 0 Å². The normalized spacial score (nSPS) is 26.3. The summed E-state index contributed by atoms with van der Waals surface area (Å²) in [5, 5.41) is 8.97. The summed E-state index contributed by atoms with van der Waals surface area (Å²) in [7, 11) is -3.61. The van der Waals surface area contributed by atoms with Gasteiger partial charge >= 0.3 is 7.60 Å². The number of hydrogen-bond donors (Lipinski definition) is 1. The van der Waals surface area contributed by atoms with Gasteiger partial charge in [0.2, 0.25) is 0 Å². The summed E-state index contributed by atoms with van der Waals surface area (Å²) < 4.78 is 23.3. The van der Waals surface area contributed by atoms with Crippen molar-refractivity contribution in [2.45, 2.75) is 85.9 Å². The molecular formula is C22H41O4P. The Balaban J connectivity index is 2.73. The summed E-state index contributed by atoms with van der Waals surface area (Å²) in [6, 6.07) is 0. The Morgan fingerprint density at radius 1 is 1.30 bits per heavy atom. The Kier molecular flexibility index (Phi) is 9.48. The fraction of sp³-hybridized carbons (Fsp3) is 0.818. The van der Waals surface area contributed by atoms with Gasteiger partial charge in [0.15, 0.2) is 5.34 Å². The van der Waals surface area contributed by atoms with Gasteiger partial charge in [-0.25, -0.2) is 0 Å². The van der Waals surface area contributed by atoms with Crippen molar-refractivity contribution in [1.82, 2.24) is 0 Å². The van der Waals surface area contributed by atoms with E-state index in [1.807, 2.05) is 6.08 Å². The van der Waals surface area contributed by atoms with E-state index in [-0.39, 0.29) is 13.2 Å². The summed E-state index contributed by atoms with van der Waals surface area (Å²) >= 11 is 0. The van der Waals surface area contributed by atoms with Crippen molar-refractivity contribution >= 4 is 7.60 Å². The van der Waals surface area contributed by atoms with Crippen LogP contribution in [-0.4, -0.2) is 23.7 Å². The summed E-state index contributed by atoms with van der Waals surface area (Å²) in [4.78, 5) is 0. The first-order chi connectivity index (χ1) is 12.5. The van der Waals surface area contributed by atoms with Crippen molar-refractivity contribution < 1.29 is 18.7 Å². The first-order valence-corrected chi connectivity index (χ1v) is 12.0. The second-order valence-corrected chi connectivity index (χ2v) is 11.2. The molecule has 1 N–H and O–H groups in total. The summed E-state index contributed by atoms with van der Waals surface area (Å²) in [5.74, 6) is 1.53. The molecule has 4 nitrogen and oxygen atoms in total. The molecule has 0 aromatic rings. The number of hydrogen-bond acceptors (Lipinski definition) is 4. The highest BCUT2D eigenvalue weighted by Crippen LogP contribution is 2.59. The molecule has 158 valence electrons. The van der Waals surface area contributed by atoms with Crippen molar-refractivity contribution in [3.8, 4) is 0 Å². The van der Waals surface area contributed by atoms with Gasteiger partial charge in [-0.3, -0.25) is 4.57 Å². The Morgan fingerprint density at radius 3 is 2.41 bits per heavy atom. The maximum atomic E-state index is 12.8. The van der Waals surface area contributed by atoms with Gasteiger partial charge in [0.25, 0.3) is 0 Å². The van der Waals surface area contributed by atoms with Crippen LogP contribution in [-0.2, 0) is 13.6 Å². The van der Waals surface area contributed by atoms with Gasteiger partial charge in [0.1, 0.15) is 0 Å². The Labute approximate surface area is 167 Å². The number of allylic oxidation sites excluding steroid dienone is 3. The van der Waals surface area contributed by atoms with E-state index >= 15 is 0 Å².